The number of fused-ring (bicyclic) bond motifs is 1. The summed E-state index contributed by atoms with van der Waals surface area (Å²) in [5.41, 5.74) is -0.679. The molecule has 3 fully saturated rings. The summed E-state index contributed by atoms with van der Waals surface area (Å²) in [5, 5.41) is 10.9. The van der Waals surface area contributed by atoms with Crippen LogP contribution in [-0.4, -0.2) is 76.2 Å². The molecule has 0 radical (unpaired) electrons. The highest BCUT2D eigenvalue weighted by atomic mass is 79.9. The number of anilines is 1. The van der Waals surface area contributed by atoms with Crippen LogP contribution in [0, 0.1) is 17.8 Å². The molecule has 38 heavy (non-hydrogen) atoms. The molecule has 0 aliphatic carbocycles. The van der Waals surface area contributed by atoms with Gasteiger partial charge < -0.3 is 24.4 Å². The van der Waals surface area contributed by atoms with Gasteiger partial charge in [-0.1, -0.05) is 60.1 Å². The Bertz CT molecular complexity index is 1100. The first-order valence-corrected chi connectivity index (χ1v) is 14.1. The molecule has 1 spiro atoms. The Balaban J connectivity index is 1.83. The standard InChI is InChI=1S/C28H34BrClN2O6/c1-5-11-31(18-9-7-17(30)8-10-18)26(35)24-28-14-20(29)23(38-28)21(27(36)37-12-6-2)22(28)25(34)32(24)19(15-33)13-16(3)4/h5-10,16,19-24,33H,1-2,11-15H2,3-4H3/t19-,20?,21+,22+,23+,24?,28?/m1/s1. The normalized spacial score (nSPS) is 30.3. The first-order valence-electron chi connectivity index (χ1n) is 12.8. The highest BCUT2D eigenvalue weighted by Crippen LogP contribution is 2.61. The molecule has 4 rings (SSSR count). The lowest BCUT2D eigenvalue weighted by Crippen LogP contribution is -2.59. The van der Waals surface area contributed by atoms with Gasteiger partial charge in [-0.3, -0.25) is 14.4 Å². The van der Waals surface area contributed by atoms with Gasteiger partial charge in [-0.2, -0.15) is 0 Å². The van der Waals surface area contributed by atoms with Gasteiger partial charge in [0.1, 0.15) is 18.2 Å². The summed E-state index contributed by atoms with van der Waals surface area (Å²) in [6.45, 7) is 11.2. The second kappa shape index (κ2) is 11.5. The third-order valence-electron chi connectivity index (χ3n) is 7.64. The number of benzene rings is 1. The molecule has 2 amide bonds. The maximum absolute atomic E-state index is 14.5. The predicted octanol–water partition coefficient (Wildman–Crippen LogP) is 3.74. The number of rotatable bonds is 11. The first-order chi connectivity index (χ1) is 18.1. The average Bonchev–Trinajstić information content (AvgIpc) is 3.48. The molecule has 2 bridgehead atoms. The number of amides is 2. The zero-order valence-corrected chi connectivity index (χ0v) is 23.9. The molecule has 3 aliphatic rings. The summed E-state index contributed by atoms with van der Waals surface area (Å²) >= 11 is 9.74. The Morgan fingerprint density at radius 3 is 2.58 bits per heavy atom. The van der Waals surface area contributed by atoms with Gasteiger partial charge in [0, 0.05) is 22.1 Å². The lowest BCUT2D eigenvalue weighted by molar-refractivity contribution is -0.154. The van der Waals surface area contributed by atoms with Crippen LogP contribution in [0.5, 0.6) is 0 Å². The van der Waals surface area contributed by atoms with Gasteiger partial charge in [0.05, 0.1) is 30.6 Å². The van der Waals surface area contributed by atoms with Crippen molar-refractivity contribution in [3.05, 3.63) is 54.6 Å². The van der Waals surface area contributed by atoms with E-state index in [1.165, 1.54) is 11.0 Å². The van der Waals surface area contributed by atoms with Crippen molar-refractivity contribution in [2.75, 3.05) is 24.7 Å². The van der Waals surface area contributed by atoms with Crippen LogP contribution in [0.4, 0.5) is 5.69 Å². The van der Waals surface area contributed by atoms with E-state index in [4.69, 9.17) is 21.1 Å². The maximum Gasteiger partial charge on any atom is 0.312 e. The molecular formula is C28H34BrClN2O6. The van der Waals surface area contributed by atoms with Crippen molar-refractivity contribution < 1.29 is 29.0 Å². The maximum atomic E-state index is 14.5. The van der Waals surface area contributed by atoms with Crippen LogP contribution < -0.4 is 4.90 Å². The molecule has 3 heterocycles. The van der Waals surface area contributed by atoms with Crippen LogP contribution in [0.25, 0.3) is 0 Å². The number of hydrogen-bond acceptors (Lipinski definition) is 6. The monoisotopic (exact) mass is 608 g/mol. The van der Waals surface area contributed by atoms with E-state index >= 15 is 0 Å². The second-order valence-electron chi connectivity index (χ2n) is 10.5. The van der Waals surface area contributed by atoms with Gasteiger partial charge in [0.2, 0.25) is 5.91 Å². The average molecular weight is 610 g/mol. The van der Waals surface area contributed by atoms with Crippen molar-refractivity contribution in [3.8, 4) is 0 Å². The summed E-state index contributed by atoms with van der Waals surface area (Å²) in [6, 6.07) is 5.14. The minimum Gasteiger partial charge on any atom is -0.461 e. The fourth-order valence-electron chi connectivity index (χ4n) is 6.29. The van der Waals surface area contributed by atoms with Crippen LogP contribution in [0.15, 0.2) is 49.6 Å². The minimum atomic E-state index is -1.26. The quantitative estimate of drug-likeness (QED) is 0.233. The smallest absolute Gasteiger partial charge is 0.312 e. The number of alkyl halides is 1. The summed E-state index contributed by atoms with van der Waals surface area (Å²) in [7, 11) is 0. The van der Waals surface area contributed by atoms with Crippen LogP contribution >= 0.6 is 27.5 Å². The van der Waals surface area contributed by atoms with Crippen molar-refractivity contribution >= 4 is 51.0 Å². The third kappa shape index (κ3) is 4.83. The first kappa shape index (κ1) is 28.8. The Labute approximate surface area is 236 Å². The Morgan fingerprint density at radius 2 is 2.00 bits per heavy atom. The van der Waals surface area contributed by atoms with E-state index in [0.717, 1.165) is 0 Å². The number of esters is 1. The number of aliphatic hydroxyl groups excluding tert-OH is 1. The van der Waals surface area contributed by atoms with Crippen molar-refractivity contribution in [2.24, 2.45) is 17.8 Å². The number of aliphatic hydroxyl groups is 1. The number of halogens is 2. The van der Waals surface area contributed by atoms with Gasteiger partial charge >= 0.3 is 5.97 Å². The van der Waals surface area contributed by atoms with Crippen LogP contribution in [0.2, 0.25) is 5.02 Å². The molecule has 206 valence electrons. The SMILES string of the molecule is C=CCOC(=O)[C@H]1[C@H]2C(=O)N([C@@H](CO)CC(C)C)C(C(=O)N(CC=C)c3ccc(Cl)cc3)C23CC(Br)[C@@H]1O3. The fourth-order valence-corrected chi connectivity index (χ4v) is 7.36. The molecule has 10 heteroatoms. The largest absolute Gasteiger partial charge is 0.461 e. The van der Waals surface area contributed by atoms with Gasteiger partial charge in [-0.25, -0.2) is 0 Å². The van der Waals surface area contributed by atoms with Gasteiger partial charge in [-0.15, -0.1) is 6.58 Å². The van der Waals surface area contributed by atoms with Crippen molar-refractivity contribution in [2.45, 2.75) is 55.3 Å². The molecule has 3 unspecified atom stereocenters. The summed E-state index contributed by atoms with van der Waals surface area (Å²) in [4.78, 5) is 44.7. The molecule has 8 nitrogen and oxygen atoms in total. The predicted molar refractivity (Wildman–Crippen MR) is 148 cm³/mol. The van der Waals surface area contributed by atoms with E-state index < -0.39 is 41.6 Å². The van der Waals surface area contributed by atoms with Crippen LogP contribution in [0.1, 0.15) is 26.7 Å². The highest BCUT2D eigenvalue weighted by molar-refractivity contribution is 9.09. The molecule has 0 saturated carbocycles. The Morgan fingerprint density at radius 1 is 1.32 bits per heavy atom. The molecular weight excluding hydrogens is 576 g/mol. The zero-order chi connectivity index (χ0) is 27.8. The van der Waals surface area contributed by atoms with Crippen molar-refractivity contribution in [1.29, 1.82) is 0 Å². The van der Waals surface area contributed by atoms with Crippen molar-refractivity contribution in [1.82, 2.24) is 4.90 Å². The van der Waals surface area contributed by atoms with E-state index in [2.05, 4.69) is 29.1 Å². The van der Waals surface area contributed by atoms with Gasteiger partial charge in [0.25, 0.3) is 5.91 Å². The Hall–Kier alpha value is -2.20. The van der Waals surface area contributed by atoms with E-state index in [-0.39, 0.29) is 42.3 Å². The van der Waals surface area contributed by atoms with E-state index in [1.54, 1.807) is 35.2 Å². The van der Waals surface area contributed by atoms with E-state index in [9.17, 15) is 19.5 Å². The second-order valence-corrected chi connectivity index (χ2v) is 12.1. The molecule has 1 aromatic rings. The minimum absolute atomic E-state index is 0.00524. The number of likely N-dealkylation sites (tertiary alicyclic amines) is 1. The summed E-state index contributed by atoms with van der Waals surface area (Å²) < 4.78 is 11.9. The Kier molecular flexibility index (Phi) is 8.71. The number of hydrogen-bond donors (Lipinski definition) is 1. The van der Waals surface area contributed by atoms with Gasteiger partial charge in [0.15, 0.2) is 0 Å². The lowest BCUT2D eigenvalue weighted by atomic mass is 9.70. The molecule has 0 aromatic heterocycles. The third-order valence-corrected chi connectivity index (χ3v) is 8.74. The molecule has 3 aliphatic heterocycles. The number of nitrogens with zero attached hydrogens (tertiary/aromatic N) is 2. The number of carbonyl (C=O) groups is 3. The van der Waals surface area contributed by atoms with Crippen LogP contribution in [-0.2, 0) is 23.9 Å². The zero-order valence-electron chi connectivity index (χ0n) is 21.6. The van der Waals surface area contributed by atoms with Gasteiger partial charge in [-0.05, 0) is 43.0 Å². The molecule has 1 aromatic carbocycles. The summed E-state index contributed by atoms with van der Waals surface area (Å²) in [5.74, 6) is -2.96. The molecule has 3 saturated heterocycles. The topological polar surface area (TPSA) is 96.4 Å². The van der Waals surface area contributed by atoms with E-state index in [0.29, 0.717) is 23.6 Å². The lowest BCUT2D eigenvalue weighted by Gasteiger charge is -2.39. The number of ether oxygens (including phenoxy) is 2. The van der Waals surface area contributed by atoms with E-state index in [1.807, 2.05) is 13.8 Å². The highest BCUT2D eigenvalue weighted by Gasteiger charge is 2.77. The fraction of sp³-hybridized carbons (Fsp3) is 0.536. The van der Waals surface area contributed by atoms with Crippen molar-refractivity contribution in [3.63, 3.8) is 0 Å². The molecule has 1 N–H and O–H groups in total. The van der Waals surface area contributed by atoms with Crippen LogP contribution in [0.3, 0.4) is 0 Å². The number of carbonyl (C=O) groups excluding carboxylic acids is 3. The summed E-state index contributed by atoms with van der Waals surface area (Å²) in [6.07, 6.45) is 3.28. The molecule has 7 atom stereocenters.